The Bertz CT molecular complexity index is 766. The van der Waals surface area contributed by atoms with Gasteiger partial charge in [-0.3, -0.25) is 0 Å². The van der Waals surface area contributed by atoms with Gasteiger partial charge in [-0.1, -0.05) is 37.6 Å². The number of benzene rings is 2. The molecule has 1 fully saturated rings. The maximum atomic E-state index is 9.59. The zero-order valence-corrected chi connectivity index (χ0v) is 16.6. The number of nitrogens with one attached hydrogen (secondary N) is 1. The molecular formula is C18H21ClNO3PS. The lowest BCUT2D eigenvalue weighted by Crippen LogP contribution is -2.31. The monoisotopic (exact) mass is 397 g/mol. The number of aromatic hydroxyl groups is 1. The topological polar surface area (TPSA) is 50.7 Å². The first kappa shape index (κ1) is 18.7. The minimum atomic E-state index is -2.61. The second-order valence-corrected chi connectivity index (χ2v) is 11.0. The molecule has 1 heterocycles. The molecule has 2 N–H and O–H groups in total. The van der Waals surface area contributed by atoms with Gasteiger partial charge in [0.2, 0.25) is 6.49 Å². The summed E-state index contributed by atoms with van der Waals surface area (Å²) >= 11 is 11.8. The van der Waals surface area contributed by atoms with Gasteiger partial charge in [-0.05, 0) is 53.8 Å². The molecule has 0 saturated carbocycles. The molecule has 2 aromatic rings. The quantitative estimate of drug-likeness (QED) is 0.663. The second kappa shape index (κ2) is 7.26. The predicted octanol–water partition coefficient (Wildman–Crippen LogP) is 5.54. The number of phenolic OH excluding ortho intramolecular Hbond substituents is 1. The third kappa shape index (κ3) is 4.55. The van der Waals surface area contributed by atoms with Crippen molar-refractivity contribution in [3.63, 3.8) is 0 Å². The molecule has 1 aliphatic rings. The Kier molecular flexibility index (Phi) is 5.42. The molecule has 1 unspecified atom stereocenters. The van der Waals surface area contributed by atoms with Crippen LogP contribution in [0.5, 0.6) is 5.75 Å². The van der Waals surface area contributed by atoms with E-state index in [9.17, 15) is 5.11 Å². The zero-order valence-electron chi connectivity index (χ0n) is 14.1. The molecule has 3 rings (SSSR count). The molecule has 0 spiro atoms. The van der Waals surface area contributed by atoms with Crippen LogP contribution in [0.4, 0.5) is 5.69 Å². The minimum Gasteiger partial charge on any atom is -0.508 e. The molecule has 7 heteroatoms. The summed E-state index contributed by atoms with van der Waals surface area (Å²) in [5.74, 6) is -0.113. The maximum absolute atomic E-state index is 9.59. The van der Waals surface area contributed by atoms with E-state index < -0.39 is 6.49 Å². The molecule has 134 valence electrons. The lowest BCUT2D eigenvalue weighted by atomic mass is 9.97. The number of hydrogen-bond acceptors (Lipinski definition) is 5. The molecule has 4 nitrogen and oxygen atoms in total. The molecule has 1 atom stereocenters. The summed E-state index contributed by atoms with van der Waals surface area (Å²) in [5, 5.41) is 13.7. The number of phenols is 1. The summed E-state index contributed by atoms with van der Waals surface area (Å²) in [4.78, 5) is 0. The van der Waals surface area contributed by atoms with Crippen molar-refractivity contribution in [2.45, 2.75) is 19.6 Å². The van der Waals surface area contributed by atoms with Gasteiger partial charge in [0.1, 0.15) is 11.5 Å². The van der Waals surface area contributed by atoms with Crippen molar-refractivity contribution in [1.82, 2.24) is 0 Å². The first-order valence-electron chi connectivity index (χ1n) is 7.97. The van der Waals surface area contributed by atoms with Gasteiger partial charge in [0.15, 0.2) is 0 Å². The van der Waals surface area contributed by atoms with Gasteiger partial charge in [0.25, 0.3) is 0 Å². The molecule has 0 bridgehead atoms. The molecule has 0 aliphatic carbocycles. The fourth-order valence-corrected chi connectivity index (χ4v) is 5.70. The Balaban J connectivity index is 1.92. The van der Waals surface area contributed by atoms with E-state index >= 15 is 0 Å². The Morgan fingerprint density at radius 2 is 1.64 bits per heavy atom. The van der Waals surface area contributed by atoms with Crippen molar-refractivity contribution in [2.75, 3.05) is 18.5 Å². The minimum absolute atomic E-state index is 0.0535. The summed E-state index contributed by atoms with van der Waals surface area (Å²) in [6, 6.07) is 14.4. The zero-order chi connectivity index (χ0) is 18.1. The van der Waals surface area contributed by atoms with Crippen LogP contribution in [0.1, 0.15) is 25.2 Å². The highest BCUT2D eigenvalue weighted by Gasteiger charge is 2.40. The van der Waals surface area contributed by atoms with Crippen LogP contribution >= 0.6 is 18.1 Å². The highest BCUT2D eigenvalue weighted by Crippen LogP contribution is 2.64. The molecule has 25 heavy (non-hydrogen) atoms. The number of rotatable bonds is 4. The molecule has 2 aromatic carbocycles. The SMILES string of the molecule is CC1(C)COP(=S)(C(Nc2ccc(Cl)cc2)c2ccc(O)cc2)OC1. The molecule has 1 saturated heterocycles. The molecule has 0 amide bonds. The van der Waals surface area contributed by atoms with Crippen LogP contribution < -0.4 is 5.32 Å². The van der Waals surface area contributed by atoms with Crippen LogP contribution in [0.25, 0.3) is 0 Å². The van der Waals surface area contributed by atoms with E-state index in [-0.39, 0.29) is 16.9 Å². The van der Waals surface area contributed by atoms with E-state index in [0.717, 1.165) is 11.3 Å². The largest absolute Gasteiger partial charge is 0.508 e. The van der Waals surface area contributed by atoms with E-state index in [1.807, 2.05) is 36.4 Å². The van der Waals surface area contributed by atoms with E-state index in [2.05, 4.69) is 19.2 Å². The Morgan fingerprint density at radius 1 is 1.08 bits per heavy atom. The van der Waals surface area contributed by atoms with E-state index in [1.165, 1.54) is 0 Å². The van der Waals surface area contributed by atoms with Crippen molar-refractivity contribution in [3.8, 4) is 5.75 Å². The third-order valence-corrected chi connectivity index (χ3v) is 7.50. The highest BCUT2D eigenvalue weighted by atomic mass is 35.5. The Labute approximate surface area is 158 Å². The fourth-order valence-electron chi connectivity index (χ4n) is 2.46. The fraction of sp³-hybridized carbons (Fsp3) is 0.333. The van der Waals surface area contributed by atoms with Gasteiger partial charge in [-0.2, -0.15) is 0 Å². The smallest absolute Gasteiger partial charge is 0.215 e. The van der Waals surface area contributed by atoms with Gasteiger partial charge >= 0.3 is 0 Å². The molecular weight excluding hydrogens is 377 g/mol. The van der Waals surface area contributed by atoms with Gasteiger partial charge in [-0.25, -0.2) is 0 Å². The summed E-state index contributed by atoms with van der Waals surface area (Å²) < 4.78 is 12.2. The predicted molar refractivity (Wildman–Crippen MR) is 106 cm³/mol. The standard InChI is InChI=1S/C18H21ClNO3PS/c1-18(2)11-22-24(25,23-12-18)17(13-3-9-16(21)10-4-13)20-15-7-5-14(19)6-8-15/h3-10,17,20-21H,11-12H2,1-2H3. The first-order valence-corrected chi connectivity index (χ1v) is 11.1. The molecule has 1 aliphatic heterocycles. The summed E-state index contributed by atoms with van der Waals surface area (Å²) in [6.07, 6.45) is 0. The lowest BCUT2D eigenvalue weighted by Gasteiger charge is -2.40. The average Bonchev–Trinajstić information content (AvgIpc) is 2.58. The second-order valence-electron chi connectivity index (χ2n) is 6.90. The maximum Gasteiger partial charge on any atom is 0.215 e. The van der Waals surface area contributed by atoms with Crippen LogP contribution in [0.3, 0.4) is 0 Å². The summed E-state index contributed by atoms with van der Waals surface area (Å²) in [6.45, 7) is 2.69. The Morgan fingerprint density at radius 3 is 2.20 bits per heavy atom. The van der Waals surface area contributed by atoms with E-state index in [4.69, 9.17) is 32.5 Å². The Hall–Kier alpha value is -1.10. The molecule has 0 aromatic heterocycles. The van der Waals surface area contributed by atoms with Gasteiger partial charge in [-0.15, -0.1) is 0 Å². The average molecular weight is 398 g/mol. The van der Waals surface area contributed by atoms with Crippen LogP contribution in [0.2, 0.25) is 5.02 Å². The van der Waals surface area contributed by atoms with Gasteiger partial charge in [0.05, 0.1) is 13.2 Å². The number of anilines is 1. The first-order chi connectivity index (χ1) is 11.8. The lowest BCUT2D eigenvalue weighted by molar-refractivity contribution is 0.0579. The summed E-state index contributed by atoms with van der Waals surface area (Å²) in [5.41, 5.74) is 1.74. The van der Waals surface area contributed by atoms with Crippen molar-refractivity contribution in [2.24, 2.45) is 5.41 Å². The molecule has 0 radical (unpaired) electrons. The van der Waals surface area contributed by atoms with Crippen molar-refractivity contribution >= 4 is 35.6 Å². The van der Waals surface area contributed by atoms with Crippen molar-refractivity contribution in [3.05, 3.63) is 59.1 Å². The highest BCUT2D eigenvalue weighted by molar-refractivity contribution is 8.10. The van der Waals surface area contributed by atoms with Crippen LogP contribution in [-0.4, -0.2) is 18.3 Å². The number of halogens is 1. The third-order valence-electron chi connectivity index (χ3n) is 3.94. The van der Waals surface area contributed by atoms with E-state index in [0.29, 0.717) is 18.2 Å². The van der Waals surface area contributed by atoms with E-state index in [1.54, 1.807) is 12.1 Å². The normalized spacial score (nSPS) is 20.0. The van der Waals surface area contributed by atoms with Crippen LogP contribution in [0, 0.1) is 5.41 Å². The van der Waals surface area contributed by atoms with Crippen molar-refractivity contribution < 1.29 is 14.2 Å². The van der Waals surface area contributed by atoms with Gasteiger partial charge in [0, 0.05) is 16.1 Å². The van der Waals surface area contributed by atoms with Gasteiger partial charge < -0.3 is 19.5 Å². The summed E-state index contributed by atoms with van der Waals surface area (Å²) in [7, 11) is 0. The number of hydrogen-bond donors (Lipinski definition) is 2. The van der Waals surface area contributed by atoms with Crippen molar-refractivity contribution in [1.29, 1.82) is 0 Å². The van der Waals surface area contributed by atoms with Crippen LogP contribution in [-0.2, 0) is 20.9 Å². The van der Waals surface area contributed by atoms with Crippen LogP contribution in [0.15, 0.2) is 48.5 Å².